The molecule has 0 heterocycles. The van der Waals surface area contributed by atoms with Crippen LogP contribution in [0.25, 0.3) is 0 Å². The number of rotatable bonds is 5. The fraction of sp³-hybridized carbons (Fsp3) is 0.417. The Labute approximate surface area is 101 Å². The van der Waals surface area contributed by atoms with E-state index in [1.807, 2.05) is 7.05 Å². The first-order chi connectivity index (χ1) is 7.67. The SMILES string of the molecule is CNCC(=O)N(C)Cc1ccc(SC)cc1. The van der Waals surface area contributed by atoms with E-state index in [0.717, 1.165) is 5.56 Å². The van der Waals surface area contributed by atoms with E-state index in [1.165, 1.54) is 4.90 Å². The fourth-order valence-corrected chi connectivity index (χ4v) is 1.79. The number of hydrogen-bond donors (Lipinski definition) is 1. The molecular weight excluding hydrogens is 220 g/mol. The summed E-state index contributed by atoms with van der Waals surface area (Å²) in [7, 11) is 3.60. The Morgan fingerprint density at radius 1 is 1.38 bits per heavy atom. The maximum absolute atomic E-state index is 11.5. The zero-order chi connectivity index (χ0) is 12.0. The smallest absolute Gasteiger partial charge is 0.236 e. The summed E-state index contributed by atoms with van der Waals surface area (Å²) < 4.78 is 0. The van der Waals surface area contributed by atoms with Gasteiger partial charge in [0, 0.05) is 18.5 Å². The number of carbonyl (C=O) groups is 1. The van der Waals surface area contributed by atoms with Crippen LogP contribution in [0.3, 0.4) is 0 Å². The van der Waals surface area contributed by atoms with Crippen LogP contribution in [-0.2, 0) is 11.3 Å². The van der Waals surface area contributed by atoms with Crippen molar-refractivity contribution in [1.29, 1.82) is 0 Å². The minimum atomic E-state index is 0.108. The second kappa shape index (κ2) is 6.55. The highest BCUT2D eigenvalue weighted by Gasteiger charge is 2.07. The van der Waals surface area contributed by atoms with Crippen molar-refractivity contribution >= 4 is 17.7 Å². The highest BCUT2D eigenvalue weighted by molar-refractivity contribution is 7.98. The molecule has 4 heteroatoms. The van der Waals surface area contributed by atoms with Crippen LogP contribution in [0.4, 0.5) is 0 Å². The molecule has 16 heavy (non-hydrogen) atoms. The maximum Gasteiger partial charge on any atom is 0.236 e. The van der Waals surface area contributed by atoms with E-state index >= 15 is 0 Å². The third kappa shape index (κ3) is 3.87. The Morgan fingerprint density at radius 3 is 2.50 bits per heavy atom. The Balaban J connectivity index is 2.55. The molecule has 3 nitrogen and oxygen atoms in total. The first-order valence-electron chi connectivity index (χ1n) is 5.19. The molecule has 0 saturated heterocycles. The van der Waals surface area contributed by atoms with Crippen LogP contribution in [-0.4, -0.2) is 37.7 Å². The summed E-state index contributed by atoms with van der Waals surface area (Å²) in [5, 5.41) is 2.86. The summed E-state index contributed by atoms with van der Waals surface area (Å²) in [4.78, 5) is 14.5. The number of nitrogens with one attached hydrogen (secondary N) is 1. The van der Waals surface area contributed by atoms with Crippen molar-refractivity contribution in [3.05, 3.63) is 29.8 Å². The van der Waals surface area contributed by atoms with Gasteiger partial charge in [0.05, 0.1) is 6.54 Å². The molecule has 1 aromatic carbocycles. The average molecular weight is 238 g/mol. The third-order valence-corrected chi connectivity index (χ3v) is 3.08. The monoisotopic (exact) mass is 238 g/mol. The molecule has 0 unspecified atom stereocenters. The van der Waals surface area contributed by atoms with E-state index in [1.54, 1.807) is 23.7 Å². The maximum atomic E-state index is 11.5. The summed E-state index contributed by atoms with van der Waals surface area (Å²) >= 11 is 1.72. The van der Waals surface area contributed by atoms with Crippen molar-refractivity contribution < 1.29 is 4.79 Å². The van der Waals surface area contributed by atoms with Gasteiger partial charge in [0.1, 0.15) is 0 Å². The van der Waals surface area contributed by atoms with Crippen LogP contribution in [0, 0.1) is 0 Å². The fourth-order valence-electron chi connectivity index (χ4n) is 1.38. The minimum Gasteiger partial charge on any atom is -0.340 e. The summed E-state index contributed by atoms with van der Waals surface area (Å²) in [5.74, 6) is 0.108. The first-order valence-corrected chi connectivity index (χ1v) is 6.41. The number of benzene rings is 1. The molecular formula is C12H18N2OS. The van der Waals surface area contributed by atoms with Crippen molar-refractivity contribution in [3.63, 3.8) is 0 Å². The van der Waals surface area contributed by atoms with E-state index in [2.05, 4.69) is 35.8 Å². The summed E-state index contributed by atoms with van der Waals surface area (Å²) in [6, 6.07) is 8.29. The zero-order valence-corrected chi connectivity index (χ0v) is 10.8. The summed E-state index contributed by atoms with van der Waals surface area (Å²) in [6.07, 6.45) is 2.05. The lowest BCUT2D eigenvalue weighted by Crippen LogP contribution is -2.33. The molecule has 0 atom stereocenters. The van der Waals surface area contributed by atoms with Gasteiger partial charge < -0.3 is 10.2 Å². The van der Waals surface area contributed by atoms with Gasteiger partial charge in [-0.25, -0.2) is 0 Å². The molecule has 0 aliphatic carbocycles. The van der Waals surface area contributed by atoms with Gasteiger partial charge in [0.15, 0.2) is 0 Å². The second-order valence-electron chi connectivity index (χ2n) is 3.63. The number of carbonyl (C=O) groups excluding carboxylic acids is 1. The lowest BCUT2D eigenvalue weighted by Gasteiger charge is -2.17. The zero-order valence-electron chi connectivity index (χ0n) is 9.99. The predicted octanol–water partition coefficient (Wildman–Crippen LogP) is 1.59. The first kappa shape index (κ1) is 13.1. The number of amides is 1. The largest absolute Gasteiger partial charge is 0.340 e. The van der Waals surface area contributed by atoms with Crippen molar-refractivity contribution in [2.75, 3.05) is 26.9 Å². The normalized spacial score (nSPS) is 10.2. The van der Waals surface area contributed by atoms with Crippen molar-refractivity contribution in [3.8, 4) is 0 Å². The Hall–Kier alpha value is -1.00. The van der Waals surface area contributed by atoms with E-state index in [-0.39, 0.29) is 5.91 Å². The lowest BCUT2D eigenvalue weighted by molar-refractivity contribution is -0.129. The number of likely N-dealkylation sites (N-methyl/N-ethyl adjacent to an activating group) is 2. The molecule has 0 aliphatic heterocycles. The topological polar surface area (TPSA) is 32.3 Å². The van der Waals surface area contributed by atoms with Gasteiger partial charge in [-0.05, 0) is 31.0 Å². The lowest BCUT2D eigenvalue weighted by atomic mass is 10.2. The summed E-state index contributed by atoms with van der Waals surface area (Å²) in [6.45, 7) is 1.05. The van der Waals surface area contributed by atoms with E-state index in [9.17, 15) is 4.79 Å². The molecule has 1 rings (SSSR count). The molecule has 0 fully saturated rings. The molecule has 88 valence electrons. The highest BCUT2D eigenvalue weighted by Crippen LogP contribution is 2.15. The van der Waals surface area contributed by atoms with Crippen LogP contribution in [0.2, 0.25) is 0 Å². The van der Waals surface area contributed by atoms with Gasteiger partial charge in [0.2, 0.25) is 5.91 Å². The van der Waals surface area contributed by atoms with Gasteiger partial charge >= 0.3 is 0 Å². The van der Waals surface area contributed by atoms with Crippen LogP contribution in [0.1, 0.15) is 5.56 Å². The van der Waals surface area contributed by atoms with Gasteiger partial charge in [-0.15, -0.1) is 11.8 Å². The minimum absolute atomic E-state index is 0.108. The standard InChI is InChI=1S/C12H18N2OS/c1-13-8-12(15)14(2)9-10-4-6-11(16-3)7-5-10/h4-7,13H,8-9H2,1-3H3. The van der Waals surface area contributed by atoms with Crippen molar-refractivity contribution in [2.45, 2.75) is 11.4 Å². The average Bonchev–Trinajstić information content (AvgIpc) is 2.30. The molecule has 1 amide bonds. The van der Waals surface area contributed by atoms with E-state index in [0.29, 0.717) is 13.1 Å². The quantitative estimate of drug-likeness (QED) is 0.791. The van der Waals surface area contributed by atoms with Crippen LogP contribution in [0.15, 0.2) is 29.2 Å². The Kier molecular flexibility index (Phi) is 5.35. The van der Waals surface area contributed by atoms with Crippen LogP contribution < -0.4 is 5.32 Å². The molecule has 0 aliphatic rings. The van der Waals surface area contributed by atoms with Gasteiger partial charge in [-0.3, -0.25) is 4.79 Å². The molecule has 0 aromatic heterocycles. The Bertz CT molecular complexity index is 337. The molecule has 0 radical (unpaired) electrons. The number of thioether (sulfide) groups is 1. The van der Waals surface area contributed by atoms with Crippen LogP contribution >= 0.6 is 11.8 Å². The van der Waals surface area contributed by atoms with E-state index in [4.69, 9.17) is 0 Å². The molecule has 0 saturated carbocycles. The van der Waals surface area contributed by atoms with Crippen LogP contribution in [0.5, 0.6) is 0 Å². The number of nitrogens with zero attached hydrogens (tertiary/aromatic N) is 1. The predicted molar refractivity (Wildman–Crippen MR) is 68.6 cm³/mol. The molecule has 1 aromatic rings. The van der Waals surface area contributed by atoms with Gasteiger partial charge in [-0.2, -0.15) is 0 Å². The van der Waals surface area contributed by atoms with Crippen molar-refractivity contribution in [2.24, 2.45) is 0 Å². The van der Waals surface area contributed by atoms with Gasteiger partial charge in [0.25, 0.3) is 0 Å². The van der Waals surface area contributed by atoms with Crippen molar-refractivity contribution in [1.82, 2.24) is 10.2 Å². The molecule has 1 N–H and O–H groups in total. The highest BCUT2D eigenvalue weighted by atomic mass is 32.2. The van der Waals surface area contributed by atoms with E-state index < -0.39 is 0 Å². The third-order valence-electron chi connectivity index (χ3n) is 2.33. The summed E-state index contributed by atoms with van der Waals surface area (Å²) in [5.41, 5.74) is 1.16. The number of hydrogen-bond acceptors (Lipinski definition) is 3. The Morgan fingerprint density at radius 2 is 2.00 bits per heavy atom. The molecule has 0 bridgehead atoms. The molecule has 0 spiro atoms. The second-order valence-corrected chi connectivity index (χ2v) is 4.51. The van der Waals surface area contributed by atoms with Gasteiger partial charge in [-0.1, -0.05) is 12.1 Å².